The van der Waals surface area contributed by atoms with Crippen molar-refractivity contribution in [3.8, 4) is 22.8 Å². The monoisotopic (exact) mass is 513 g/mol. The van der Waals surface area contributed by atoms with Crippen LogP contribution < -0.4 is 10.3 Å². The van der Waals surface area contributed by atoms with Gasteiger partial charge in [-0.05, 0) is 45.4 Å². The molecule has 186 valence electrons. The molecule has 3 heterocycles. The molecule has 0 bridgehead atoms. The second-order valence-electron chi connectivity index (χ2n) is 8.62. The van der Waals surface area contributed by atoms with Gasteiger partial charge in [0.15, 0.2) is 16.7 Å². The highest BCUT2D eigenvalue weighted by molar-refractivity contribution is 6.31. The third kappa shape index (κ3) is 5.09. The molecule has 0 amide bonds. The van der Waals surface area contributed by atoms with E-state index in [4.69, 9.17) is 16.3 Å². The second-order valence-corrected chi connectivity index (χ2v) is 9.00. The van der Waals surface area contributed by atoms with Gasteiger partial charge in [0, 0.05) is 17.8 Å². The van der Waals surface area contributed by atoms with E-state index in [0.29, 0.717) is 23.0 Å². The maximum Gasteiger partial charge on any atom is 0.280 e. The molecule has 0 saturated carbocycles. The van der Waals surface area contributed by atoms with E-state index >= 15 is 0 Å². The van der Waals surface area contributed by atoms with Crippen molar-refractivity contribution in [2.24, 2.45) is 0 Å². The number of nitrogens with zero attached hydrogens (tertiary/aromatic N) is 5. The summed E-state index contributed by atoms with van der Waals surface area (Å²) in [5.74, 6) is -1.37. The molecule has 0 spiro atoms. The largest absolute Gasteiger partial charge is 0.470 e. The summed E-state index contributed by atoms with van der Waals surface area (Å²) in [5, 5.41) is 10.0. The SMILES string of the molecule is Cc1cnc(C(C)(C)O)nc1-c1cccc(-n2c(C)nc(OCc3ncc(F)cc3F)c(Cl)c2=O)c1. The van der Waals surface area contributed by atoms with Crippen molar-refractivity contribution in [3.63, 3.8) is 0 Å². The van der Waals surface area contributed by atoms with Crippen LogP contribution in [0.5, 0.6) is 5.88 Å². The van der Waals surface area contributed by atoms with E-state index < -0.39 is 29.4 Å². The van der Waals surface area contributed by atoms with Crippen molar-refractivity contribution < 1.29 is 18.6 Å². The Balaban J connectivity index is 1.70. The Morgan fingerprint density at radius 3 is 2.56 bits per heavy atom. The predicted molar refractivity (Wildman–Crippen MR) is 129 cm³/mol. The number of pyridine rings is 1. The normalized spacial score (nSPS) is 11.6. The van der Waals surface area contributed by atoms with E-state index in [1.807, 2.05) is 13.0 Å². The highest BCUT2D eigenvalue weighted by Gasteiger charge is 2.22. The van der Waals surface area contributed by atoms with Crippen molar-refractivity contribution in [3.05, 3.63) is 92.6 Å². The third-order valence-corrected chi connectivity index (χ3v) is 5.62. The molecular formula is C25H22ClF2N5O3. The minimum Gasteiger partial charge on any atom is -0.470 e. The lowest BCUT2D eigenvalue weighted by molar-refractivity contribution is 0.0688. The first kappa shape index (κ1) is 25.3. The lowest BCUT2D eigenvalue weighted by Gasteiger charge is -2.18. The predicted octanol–water partition coefficient (Wildman–Crippen LogP) is 4.44. The zero-order valence-corrected chi connectivity index (χ0v) is 20.6. The topological polar surface area (TPSA) is 103 Å². The van der Waals surface area contributed by atoms with Crippen LogP contribution in [0.1, 0.15) is 36.8 Å². The number of halogens is 3. The van der Waals surface area contributed by atoms with Crippen molar-refractivity contribution >= 4 is 11.6 Å². The molecule has 0 atom stereocenters. The van der Waals surface area contributed by atoms with Gasteiger partial charge in [-0.2, -0.15) is 4.98 Å². The number of rotatable bonds is 6. The summed E-state index contributed by atoms with van der Waals surface area (Å²) in [6, 6.07) is 7.71. The summed E-state index contributed by atoms with van der Waals surface area (Å²) in [6.45, 7) is 6.23. The smallest absolute Gasteiger partial charge is 0.280 e. The Bertz CT molecular complexity index is 1520. The van der Waals surface area contributed by atoms with E-state index in [2.05, 4.69) is 19.9 Å². The summed E-state index contributed by atoms with van der Waals surface area (Å²) in [4.78, 5) is 29.8. The summed E-state index contributed by atoms with van der Waals surface area (Å²) >= 11 is 6.26. The lowest BCUT2D eigenvalue weighted by Crippen LogP contribution is -2.23. The van der Waals surface area contributed by atoms with Crippen LogP contribution in [-0.2, 0) is 12.2 Å². The molecule has 8 nitrogen and oxygen atoms in total. The van der Waals surface area contributed by atoms with Crippen LogP contribution in [0, 0.1) is 25.5 Å². The number of benzene rings is 1. The first-order valence-electron chi connectivity index (χ1n) is 10.8. The fourth-order valence-corrected chi connectivity index (χ4v) is 3.67. The molecule has 0 aliphatic rings. The zero-order valence-electron chi connectivity index (χ0n) is 19.9. The zero-order chi connectivity index (χ0) is 26.2. The molecule has 11 heteroatoms. The summed E-state index contributed by atoms with van der Waals surface area (Å²) in [6.07, 6.45) is 2.49. The fraction of sp³-hybridized carbons (Fsp3) is 0.240. The van der Waals surface area contributed by atoms with Gasteiger partial charge < -0.3 is 9.84 Å². The highest BCUT2D eigenvalue weighted by atomic mass is 35.5. The molecule has 4 aromatic rings. The van der Waals surface area contributed by atoms with Crippen molar-refractivity contribution in [2.45, 2.75) is 39.9 Å². The quantitative estimate of drug-likeness (QED) is 0.406. The molecule has 0 fully saturated rings. The molecule has 0 saturated heterocycles. The molecule has 0 aliphatic heterocycles. The minimum atomic E-state index is -1.23. The van der Waals surface area contributed by atoms with E-state index in [-0.39, 0.29) is 28.2 Å². The second kappa shape index (κ2) is 9.71. The number of aliphatic hydroxyl groups is 1. The van der Waals surface area contributed by atoms with Crippen LogP contribution in [0.2, 0.25) is 5.02 Å². The molecule has 0 aliphatic carbocycles. The van der Waals surface area contributed by atoms with E-state index in [0.717, 1.165) is 11.8 Å². The molecule has 4 rings (SSSR count). The highest BCUT2D eigenvalue weighted by Crippen LogP contribution is 2.27. The molecule has 1 aromatic carbocycles. The van der Waals surface area contributed by atoms with Crippen molar-refractivity contribution in [1.29, 1.82) is 0 Å². The van der Waals surface area contributed by atoms with Gasteiger partial charge in [0.25, 0.3) is 5.56 Å². The van der Waals surface area contributed by atoms with Gasteiger partial charge in [0.1, 0.15) is 29.5 Å². The average molecular weight is 514 g/mol. The number of hydrogen-bond acceptors (Lipinski definition) is 7. The van der Waals surface area contributed by atoms with Crippen LogP contribution in [0.3, 0.4) is 0 Å². The Kier molecular flexibility index (Phi) is 6.83. The van der Waals surface area contributed by atoms with Crippen molar-refractivity contribution in [1.82, 2.24) is 24.5 Å². The van der Waals surface area contributed by atoms with Crippen molar-refractivity contribution in [2.75, 3.05) is 0 Å². The van der Waals surface area contributed by atoms with Gasteiger partial charge >= 0.3 is 0 Å². The molecule has 36 heavy (non-hydrogen) atoms. The summed E-state index contributed by atoms with van der Waals surface area (Å²) in [7, 11) is 0. The van der Waals surface area contributed by atoms with Gasteiger partial charge in [-0.15, -0.1) is 0 Å². The number of ether oxygens (including phenoxy) is 1. The Morgan fingerprint density at radius 1 is 1.11 bits per heavy atom. The fourth-order valence-electron chi connectivity index (χ4n) is 3.49. The summed E-state index contributed by atoms with van der Waals surface area (Å²) in [5.41, 5.74) is 0.569. The molecule has 3 aromatic heterocycles. The first-order chi connectivity index (χ1) is 17.0. The molecular weight excluding hydrogens is 492 g/mol. The average Bonchev–Trinajstić information content (AvgIpc) is 2.81. The Hall–Kier alpha value is -3.76. The van der Waals surface area contributed by atoms with E-state index in [1.54, 1.807) is 45.2 Å². The number of aromatic nitrogens is 5. The lowest BCUT2D eigenvalue weighted by atomic mass is 10.0. The third-order valence-electron chi connectivity index (χ3n) is 5.29. The first-order valence-corrected chi connectivity index (χ1v) is 11.2. The molecule has 1 N–H and O–H groups in total. The van der Waals surface area contributed by atoms with Gasteiger partial charge in [-0.25, -0.2) is 18.7 Å². The van der Waals surface area contributed by atoms with Crippen LogP contribution in [0.25, 0.3) is 16.9 Å². The number of aryl methyl sites for hydroxylation is 2. The van der Waals surface area contributed by atoms with Gasteiger partial charge in [-0.3, -0.25) is 14.3 Å². The number of hydrogen-bond donors (Lipinski definition) is 1. The standard InChI is InChI=1S/C25H22ClF2N5O3/c1-13-10-30-24(25(3,4)35)32-21(13)15-6-5-7-17(8-15)33-14(2)31-22(20(26)23(33)34)36-12-19-18(28)9-16(27)11-29-19/h5-11,35H,12H2,1-4H3. The minimum absolute atomic E-state index is 0.158. The Labute approximate surface area is 210 Å². The summed E-state index contributed by atoms with van der Waals surface area (Å²) < 4.78 is 33.7. The van der Waals surface area contributed by atoms with Crippen LogP contribution in [-0.4, -0.2) is 29.6 Å². The van der Waals surface area contributed by atoms with Crippen LogP contribution in [0.15, 0.2) is 47.5 Å². The maximum atomic E-state index is 13.9. The maximum absolute atomic E-state index is 13.9. The van der Waals surface area contributed by atoms with Gasteiger partial charge in [-0.1, -0.05) is 23.7 Å². The van der Waals surface area contributed by atoms with Crippen LogP contribution in [0.4, 0.5) is 8.78 Å². The van der Waals surface area contributed by atoms with Crippen LogP contribution >= 0.6 is 11.6 Å². The van der Waals surface area contributed by atoms with E-state index in [9.17, 15) is 18.7 Å². The van der Waals surface area contributed by atoms with E-state index in [1.165, 1.54) is 4.57 Å². The molecule has 0 unspecified atom stereocenters. The molecule has 0 radical (unpaired) electrons. The van der Waals surface area contributed by atoms with Gasteiger partial charge in [0.2, 0.25) is 5.88 Å². The Morgan fingerprint density at radius 2 is 1.86 bits per heavy atom. The van der Waals surface area contributed by atoms with Gasteiger partial charge in [0.05, 0.1) is 17.6 Å².